The molecule has 3 nitrogen and oxygen atoms in total. The SMILES string of the molecule is Cl.OC1CCC(CN2CCC3(CC2)CNC3)CC1. The van der Waals surface area contributed by atoms with Crippen LogP contribution in [0, 0.1) is 11.3 Å². The molecule has 3 rings (SSSR count). The summed E-state index contributed by atoms with van der Waals surface area (Å²) < 4.78 is 0. The second kappa shape index (κ2) is 6.08. The zero-order valence-electron chi connectivity index (χ0n) is 11.2. The molecule has 0 amide bonds. The van der Waals surface area contributed by atoms with Crippen LogP contribution in [-0.2, 0) is 0 Å². The lowest BCUT2D eigenvalue weighted by Crippen LogP contribution is -2.58. The lowest BCUT2D eigenvalue weighted by atomic mass is 9.73. The predicted octanol–water partition coefficient (Wildman–Crippen LogP) is 1.64. The maximum atomic E-state index is 9.52. The third-order valence-corrected chi connectivity index (χ3v) is 5.25. The maximum Gasteiger partial charge on any atom is 0.0540 e. The van der Waals surface area contributed by atoms with Crippen molar-refractivity contribution >= 4 is 12.4 Å². The Morgan fingerprint density at radius 1 is 1.06 bits per heavy atom. The highest BCUT2D eigenvalue weighted by atomic mass is 35.5. The standard InChI is InChI=1S/C14H26N2O.ClH/c17-13-3-1-12(2-4-13)9-16-7-5-14(6-8-16)10-15-11-14;/h12-13,15,17H,1-11H2;1H. The molecule has 0 aromatic rings. The van der Waals surface area contributed by atoms with Crippen molar-refractivity contribution in [3.8, 4) is 0 Å². The molecular weight excluding hydrogens is 248 g/mol. The molecular formula is C14H27ClN2O. The Morgan fingerprint density at radius 2 is 1.67 bits per heavy atom. The van der Waals surface area contributed by atoms with Crippen LogP contribution in [0.15, 0.2) is 0 Å². The third-order valence-electron chi connectivity index (χ3n) is 5.25. The first kappa shape index (κ1) is 14.6. The molecule has 18 heavy (non-hydrogen) atoms. The normalized spacial score (nSPS) is 35.8. The predicted molar refractivity (Wildman–Crippen MR) is 76.2 cm³/mol. The van der Waals surface area contributed by atoms with Gasteiger partial charge >= 0.3 is 0 Å². The van der Waals surface area contributed by atoms with E-state index in [2.05, 4.69) is 10.2 Å². The van der Waals surface area contributed by atoms with E-state index < -0.39 is 0 Å². The van der Waals surface area contributed by atoms with E-state index in [0.717, 1.165) is 18.8 Å². The summed E-state index contributed by atoms with van der Waals surface area (Å²) in [6.07, 6.45) is 7.34. The van der Waals surface area contributed by atoms with Crippen LogP contribution < -0.4 is 5.32 Å². The summed E-state index contributed by atoms with van der Waals surface area (Å²) in [6, 6.07) is 0. The molecule has 2 saturated heterocycles. The van der Waals surface area contributed by atoms with E-state index in [4.69, 9.17) is 0 Å². The minimum atomic E-state index is -0.00285. The van der Waals surface area contributed by atoms with Crippen LogP contribution in [0.5, 0.6) is 0 Å². The zero-order valence-corrected chi connectivity index (χ0v) is 12.1. The van der Waals surface area contributed by atoms with E-state index in [1.807, 2.05) is 0 Å². The number of piperidine rings is 1. The van der Waals surface area contributed by atoms with Crippen molar-refractivity contribution in [1.82, 2.24) is 10.2 Å². The topological polar surface area (TPSA) is 35.5 Å². The van der Waals surface area contributed by atoms with E-state index in [1.54, 1.807) is 0 Å². The number of nitrogens with one attached hydrogen (secondary N) is 1. The number of hydrogen-bond acceptors (Lipinski definition) is 3. The van der Waals surface area contributed by atoms with Crippen molar-refractivity contribution in [2.75, 3.05) is 32.7 Å². The Morgan fingerprint density at radius 3 is 2.17 bits per heavy atom. The monoisotopic (exact) mass is 274 g/mol. The molecule has 0 bridgehead atoms. The van der Waals surface area contributed by atoms with E-state index in [9.17, 15) is 5.11 Å². The second-order valence-corrected chi connectivity index (χ2v) is 6.58. The molecule has 0 unspecified atom stereocenters. The van der Waals surface area contributed by atoms with Crippen LogP contribution in [0.3, 0.4) is 0 Å². The summed E-state index contributed by atoms with van der Waals surface area (Å²) in [5.74, 6) is 0.854. The van der Waals surface area contributed by atoms with Gasteiger partial charge in [-0.1, -0.05) is 0 Å². The summed E-state index contributed by atoms with van der Waals surface area (Å²) in [4.78, 5) is 2.67. The van der Waals surface area contributed by atoms with Crippen LogP contribution in [0.1, 0.15) is 38.5 Å². The van der Waals surface area contributed by atoms with Crippen molar-refractivity contribution in [3.63, 3.8) is 0 Å². The summed E-state index contributed by atoms with van der Waals surface area (Å²) in [5, 5.41) is 12.9. The van der Waals surface area contributed by atoms with E-state index in [0.29, 0.717) is 5.41 Å². The highest BCUT2D eigenvalue weighted by Crippen LogP contribution is 2.35. The van der Waals surface area contributed by atoms with Gasteiger partial charge in [-0.25, -0.2) is 0 Å². The van der Waals surface area contributed by atoms with Gasteiger partial charge in [-0.15, -0.1) is 12.4 Å². The molecule has 106 valence electrons. The van der Waals surface area contributed by atoms with Crippen molar-refractivity contribution < 1.29 is 5.11 Å². The molecule has 0 aromatic carbocycles. The van der Waals surface area contributed by atoms with Gasteiger partial charge in [0.05, 0.1) is 6.10 Å². The number of likely N-dealkylation sites (tertiary alicyclic amines) is 1. The molecule has 1 spiro atoms. The number of hydrogen-bond donors (Lipinski definition) is 2. The Hall–Kier alpha value is 0.170. The van der Waals surface area contributed by atoms with Crippen molar-refractivity contribution in [3.05, 3.63) is 0 Å². The Bertz CT molecular complexity index is 253. The molecule has 2 aliphatic heterocycles. The average Bonchev–Trinajstić information content (AvgIpc) is 2.31. The minimum absolute atomic E-state index is 0. The third kappa shape index (κ3) is 3.19. The van der Waals surface area contributed by atoms with Crippen LogP contribution >= 0.6 is 12.4 Å². The van der Waals surface area contributed by atoms with Crippen molar-refractivity contribution in [2.45, 2.75) is 44.6 Å². The van der Waals surface area contributed by atoms with Gasteiger partial charge in [0.25, 0.3) is 0 Å². The van der Waals surface area contributed by atoms with Gasteiger partial charge in [0.15, 0.2) is 0 Å². The molecule has 0 radical (unpaired) electrons. The van der Waals surface area contributed by atoms with Crippen molar-refractivity contribution in [1.29, 1.82) is 0 Å². The quantitative estimate of drug-likeness (QED) is 0.804. The molecule has 0 atom stereocenters. The number of nitrogens with zero attached hydrogens (tertiary/aromatic N) is 1. The Labute approximate surface area is 117 Å². The van der Waals surface area contributed by atoms with Gasteiger partial charge in [0.2, 0.25) is 0 Å². The molecule has 1 saturated carbocycles. The van der Waals surface area contributed by atoms with Crippen LogP contribution in [0.2, 0.25) is 0 Å². The molecule has 3 aliphatic rings. The Kier molecular flexibility index (Phi) is 4.92. The highest BCUT2D eigenvalue weighted by Gasteiger charge is 2.39. The van der Waals surface area contributed by atoms with Crippen LogP contribution in [-0.4, -0.2) is 48.8 Å². The summed E-state index contributed by atoms with van der Waals surface area (Å²) >= 11 is 0. The van der Waals surface area contributed by atoms with Gasteiger partial charge in [-0.3, -0.25) is 0 Å². The first-order chi connectivity index (χ1) is 8.26. The van der Waals surface area contributed by atoms with E-state index in [-0.39, 0.29) is 18.5 Å². The number of rotatable bonds is 2. The molecule has 3 fully saturated rings. The lowest BCUT2D eigenvalue weighted by molar-refractivity contribution is 0.0372. The van der Waals surface area contributed by atoms with E-state index in [1.165, 1.54) is 58.4 Å². The molecule has 2 N–H and O–H groups in total. The molecule has 4 heteroatoms. The fourth-order valence-corrected chi connectivity index (χ4v) is 3.73. The van der Waals surface area contributed by atoms with Gasteiger partial charge in [0.1, 0.15) is 0 Å². The highest BCUT2D eigenvalue weighted by molar-refractivity contribution is 5.85. The minimum Gasteiger partial charge on any atom is -0.393 e. The first-order valence-corrected chi connectivity index (χ1v) is 7.37. The summed E-state index contributed by atoms with van der Waals surface area (Å²) in [5.41, 5.74) is 0.680. The molecule has 1 aliphatic carbocycles. The fraction of sp³-hybridized carbons (Fsp3) is 1.00. The average molecular weight is 275 g/mol. The molecule has 0 aromatic heterocycles. The van der Waals surface area contributed by atoms with Gasteiger partial charge in [0, 0.05) is 19.6 Å². The van der Waals surface area contributed by atoms with E-state index >= 15 is 0 Å². The first-order valence-electron chi connectivity index (χ1n) is 7.37. The summed E-state index contributed by atoms with van der Waals surface area (Å²) in [7, 11) is 0. The lowest BCUT2D eigenvalue weighted by Gasteiger charge is -2.49. The van der Waals surface area contributed by atoms with Gasteiger partial charge in [-0.05, 0) is 62.9 Å². The van der Waals surface area contributed by atoms with Crippen LogP contribution in [0.4, 0.5) is 0 Å². The largest absolute Gasteiger partial charge is 0.393 e. The second-order valence-electron chi connectivity index (χ2n) is 6.58. The maximum absolute atomic E-state index is 9.52. The number of aliphatic hydroxyl groups excluding tert-OH is 1. The van der Waals surface area contributed by atoms with Crippen LogP contribution in [0.25, 0.3) is 0 Å². The number of aliphatic hydroxyl groups is 1. The zero-order chi connectivity index (χ0) is 11.7. The fourth-order valence-electron chi connectivity index (χ4n) is 3.73. The van der Waals surface area contributed by atoms with Crippen molar-refractivity contribution in [2.24, 2.45) is 11.3 Å². The Balaban J connectivity index is 0.00000120. The smallest absolute Gasteiger partial charge is 0.0540 e. The number of halogens is 1. The van der Waals surface area contributed by atoms with Gasteiger partial charge in [-0.2, -0.15) is 0 Å². The molecule has 2 heterocycles. The van der Waals surface area contributed by atoms with Gasteiger partial charge < -0.3 is 15.3 Å². The summed E-state index contributed by atoms with van der Waals surface area (Å²) in [6.45, 7) is 6.42.